The molecule has 1 amide bonds. The van der Waals surface area contributed by atoms with Gasteiger partial charge in [-0.05, 0) is 23.8 Å². The molecule has 0 saturated heterocycles. The molecule has 6 nitrogen and oxygen atoms in total. The highest BCUT2D eigenvalue weighted by atomic mass is 16.5. The lowest BCUT2D eigenvalue weighted by atomic mass is 10.2. The molecule has 2 aromatic rings. The molecule has 1 aromatic heterocycles. The highest BCUT2D eigenvalue weighted by Gasteiger charge is 2.09. The summed E-state index contributed by atoms with van der Waals surface area (Å²) in [6, 6.07) is 9.08. The molecule has 2 rings (SSSR count). The minimum absolute atomic E-state index is 0.276. The van der Waals surface area contributed by atoms with E-state index in [2.05, 4.69) is 10.3 Å². The number of carbonyl (C=O) groups excluding carboxylic acids is 1. The first kappa shape index (κ1) is 13.7. The van der Waals surface area contributed by atoms with Gasteiger partial charge in [-0.1, -0.05) is 12.1 Å². The zero-order chi connectivity index (χ0) is 14.5. The average Bonchev–Trinajstić information content (AvgIpc) is 2.46. The van der Waals surface area contributed by atoms with Gasteiger partial charge in [-0.3, -0.25) is 4.79 Å². The van der Waals surface area contributed by atoms with Crippen molar-refractivity contribution in [2.24, 2.45) is 5.73 Å². The van der Waals surface area contributed by atoms with E-state index in [4.69, 9.17) is 16.2 Å². The van der Waals surface area contributed by atoms with E-state index < -0.39 is 5.91 Å². The van der Waals surface area contributed by atoms with Crippen LogP contribution in [-0.2, 0) is 6.54 Å². The van der Waals surface area contributed by atoms with Crippen molar-refractivity contribution < 1.29 is 9.53 Å². The van der Waals surface area contributed by atoms with Gasteiger partial charge in [0.25, 0.3) is 5.91 Å². The first-order valence-corrected chi connectivity index (χ1v) is 6.02. The maximum Gasteiger partial charge on any atom is 0.252 e. The smallest absolute Gasteiger partial charge is 0.252 e. The van der Waals surface area contributed by atoms with Gasteiger partial charge < -0.3 is 21.5 Å². The molecule has 104 valence electrons. The Balaban J connectivity index is 2.12. The number of aromatic nitrogens is 1. The molecule has 6 heteroatoms. The fourth-order valence-corrected chi connectivity index (χ4v) is 1.74. The third-order valence-corrected chi connectivity index (χ3v) is 2.79. The SMILES string of the molecule is COc1ccc(CNc2ncc(N)cc2C(N)=O)cc1. The first-order valence-electron chi connectivity index (χ1n) is 6.02. The lowest BCUT2D eigenvalue weighted by Crippen LogP contribution is -2.16. The molecular formula is C14H16N4O2. The summed E-state index contributed by atoms with van der Waals surface area (Å²) in [6.07, 6.45) is 1.47. The van der Waals surface area contributed by atoms with Crippen LogP contribution in [0.25, 0.3) is 0 Å². The molecular weight excluding hydrogens is 256 g/mol. The van der Waals surface area contributed by atoms with Crippen LogP contribution in [0.2, 0.25) is 0 Å². The Morgan fingerprint density at radius 3 is 2.65 bits per heavy atom. The average molecular weight is 272 g/mol. The van der Waals surface area contributed by atoms with Crippen molar-refractivity contribution >= 4 is 17.4 Å². The van der Waals surface area contributed by atoms with Crippen LogP contribution in [0.3, 0.4) is 0 Å². The zero-order valence-corrected chi connectivity index (χ0v) is 11.1. The molecule has 0 bridgehead atoms. The van der Waals surface area contributed by atoms with Gasteiger partial charge in [-0.15, -0.1) is 0 Å². The quantitative estimate of drug-likeness (QED) is 0.763. The molecule has 20 heavy (non-hydrogen) atoms. The molecule has 0 fully saturated rings. The fraction of sp³-hybridized carbons (Fsp3) is 0.143. The number of nitrogens with one attached hydrogen (secondary N) is 1. The van der Waals surface area contributed by atoms with E-state index in [1.807, 2.05) is 24.3 Å². The number of methoxy groups -OCH3 is 1. The van der Waals surface area contributed by atoms with Crippen LogP contribution in [0, 0.1) is 0 Å². The number of ether oxygens (including phenoxy) is 1. The summed E-state index contributed by atoms with van der Waals surface area (Å²) in [5.74, 6) is 0.640. The minimum Gasteiger partial charge on any atom is -0.497 e. The molecule has 1 aromatic carbocycles. The first-order chi connectivity index (χ1) is 9.60. The van der Waals surface area contributed by atoms with E-state index in [1.165, 1.54) is 12.3 Å². The molecule has 0 saturated carbocycles. The van der Waals surface area contributed by atoms with E-state index in [9.17, 15) is 4.79 Å². The largest absolute Gasteiger partial charge is 0.497 e. The minimum atomic E-state index is -0.568. The van der Waals surface area contributed by atoms with Crippen molar-refractivity contribution in [3.8, 4) is 5.75 Å². The van der Waals surface area contributed by atoms with Crippen LogP contribution in [0.15, 0.2) is 36.5 Å². The van der Waals surface area contributed by atoms with Crippen molar-refractivity contribution in [3.63, 3.8) is 0 Å². The molecule has 5 N–H and O–H groups in total. The third kappa shape index (κ3) is 3.17. The highest BCUT2D eigenvalue weighted by molar-refractivity contribution is 5.98. The molecule has 0 spiro atoms. The van der Waals surface area contributed by atoms with Crippen molar-refractivity contribution in [3.05, 3.63) is 47.7 Å². The summed E-state index contributed by atoms with van der Waals surface area (Å²) in [6.45, 7) is 0.515. The number of pyridine rings is 1. The second-order valence-electron chi connectivity index (χ2n) is 4.23. The van der Waals surface area contributed by atoms with Gasteiger partial charge in [0.05, 0.1) is 24.6 Å². The Morgan fingerprint density at radius 2 is 2.05 bits per heavy atom. The molecule has 0 aliphatic rings. The number of anilines is 2. The van der Waals surface area contributed by atoms with Crippen molar-refractivity contribution in [2.45, 2.75) is 6.54 Å². The number of primary amides is 1. The Labute approximate surface area is 116 Å². The van der Waals surface area contributed by atoms with Crippen LogP contribution in [0.4, 0.5) is 11.5 Å². The third-order valence-electron chi connectivity index (χ3n) is 2.79. The number of carbonyl (C=O) groups is 1. The van der Waals surface area contributed by atoms with Gasteiger partial charge in [-0.25, -0.2) is 4.98 Å². The topological polar surface area (TPSA) is 103 Å². The predicted molar refractivity (Wildman–Crippen MR) is 77.5 cm³/mol. The molecule has 0 aliphatic heterocycles. The van der Waals surface area contributed by atoms with E-state index >= 15 is 0 Å². The number of nitrogen functional groups attached to an aromatic ring is 1. The fourth-order valence-electron chi connectivity index (χ4n) is 1.74. The monoisotopic (exact) mass is 272 g/mol. The Bertz CT molecular complexity index is 611. The number of amides is 1. The van der Waals surface area contributed by atoms with E-state index in [0.29, 0.717) is 18.1 Å². The van der Waals surface area contributed by atoms with Crippen molar-refractivity contribution in [2.75, 3.05) is 18.2 Å². The number of hydrogen-bond acceptors (Lipinski definition) is 5. The highest BCUT2D eigenvalue weighted by Crippen LogP contribution is 2.17. The normalized spacial score (nSPS) is 10.1. The maximum absolute atomic E-state index is 11.3. The van der Waals surface area contributed by atoms with Crippen LogP contribution >= 0.6 is 0 Å². The van der Waals surface area contributed by atoms with Gasteiger partial charge >= 0.3 is 0 Å². The molecule has 0 aliphatic carbocycles. The van der Waals surface area contributed by atoms with Crippen LogP contribution < -0.4 is 21.5 Å². The Morgan fingerprint density at radius 1 is 1.35 bits per heavy atom. The number of nitrogens with zero attached hydrogens (tertiary/aromatic N) is 1. The second kappa shape index (κ2) is 5.92. The van der Waals surface area contributed by atoms with E-state index in [-0.39, 0.29) is 5.56 Å². The van der Waals surface area contributed by atoms with E-state index in [1.54, 1.807) is 7.11 Å². The van der Waals surface area contributed by atoms with Crippen molar-refractivity contribution in [1.29, 1.82) is 0 Å². The van der Waals surface area contributed by atoms with Gasteiger partial charge in [-0.2, -0.15) is 0 Å². The van der Waals surface area contributed by atoms with Gasteiger partial charge in [0.1, 0.15) is 11.6 Å². The summed E-state index contributed by atoms with van der Waals surface area (Å²) in [5.41, 5.74) is 12.6. The van der Waals surface area contributed by atoms with Gasteiger partial charge in [0.2, 0.25) is 0 Å². The lowest BCUT2D eigenvalue weighted by Gasteiger charge is -2.10. The number of rotatable bonds is 5. The summed E-state index contributed by atoms with van der Waals surface area (Å²) in [7, 11) is 1.62. The van der Waals surface area contributed by atoms with Gasteiger partial charge in [0, 0.05) is 6.54 Å². The Kier molecular flexibility index (Phi) is 4.05. The summed E-state index contributed by atoms with van der Waals surface area (Å²) in [4.78, 5) is 15.4. The van der Waals surface area contributed by atoms with Crippen LogP contribution in [0.1, 0.15) is 15.9 Å². The zero-order valence-electron chi connectivity index (χ0n) is 11.1. The molecule has 1 heterocycles. The van der Waals surface area contributed by atoms with Crippen LogP contribution in [-0.4, -0.2) is 18.0 Å². The number of benzene rings is 1. The summed E-state index contributed by atoms with van der Waals surface area (Å²) < 4.78 is 5.09. The molecule has 0 atom stereocenters. The Hall–Kier alpha value is -2.76. The van der Waals surface area contributed by atoms with Crippen LogP contribution in [0.5, 0.6) is 5.75 Å². The van der Waals surface area contributed by atoms with Crippen molar-refractivity contribution in [1.82, 2.24) is 4.98 Å². The number of hydrogen-bond donors (Lipinski definition) is 3. The second-order valence-corrected chi connectivity index (χ2v) is 4.23. The standard InChI is InChI=1S/C14H16N4O2/c1-20-11-4-2-9(3-5-11)7-17-14-12(13(16)19)6-10(15)8-18-14/h2-6,8H,7,15H2,1H3,(H2,16,19)(H,17,18). The molecule has 0 radical (unpaired) electrons. The summed E-state index contributed by atoms with van der Waals surface area (Å²) >= 11 is 0. The number of nitrogens with two attached hydrogens (primary N) is 2. The molecule has 0 unspecified atom stereocenters. The predicted octanol–water partition coefficient (Wildman–Crippen LogP) is 1.38. The summed E-state index contributed by atoms with van der Waals surface area (Å²) in [5, 5.41) is 3.07. The van der Waals surface area contributed by atoms with E-state index in [0.717, 1.165) is 11.3 Å². The lowest BCUT2D eigenvalue weighted by molar-refractivity contribution is 0.100. The van der Waals surface area contributed by atoms with Gasteiger partial charge in [0.15, 0.2) is 0 Å². The maximum atomic E-state index is 11.3.